The molecule has 0 aromatic heterocycles. The van der Waals surface area contributed by atoms with Crippen molar-refractivity contribution in [1.82, 2.24) is 5.32 Å². The second-order valence-electron chi connectivity index (χ2n) is 2.37. The zero-order chi connectivity index (χ0) is 11.4. The van der Waals surface area contributed by atoms with Crippen LogP contribution in [0, 0.1) is 0 Å². The van der Waals surface area contributed by atoms with Gasteiger partial charge in [0.25, 0.3) is 0 Å². The average Bonchev–Trinajstić information content (AvgIpc) is 2.12. The van der Waals surface area contributed by atoms with E-state index >= 15 is 0 Å². The third kappa shape index (κ3) is 3.45. The summed E-state index contributed by atoms with van der Waals surface area (Å²) < 4.78 is 19.7. The molecule has 0 aliphatic carbocycles. The van der Waals surface area contributed by atoms with Crippen LogP contribution in [-0.2, 0) is 23.4 Å². The van der Waals surface area contributed by atoms with Gasteiger partial charge in [-0.2, -0.15) is 0 Å². The van der Waals surface area contributed by atoms with Crippen LogP contribution in [-0.4, -0.2) is 36.8 Å². The molecular weight excluding hydrogens is 213 g/mol. The van der Waals surface area contributed by atoms with E-state index < -0.39 is 25.3 Å². The van der Waals surface area contributed by atoms with Crippen molar-refractivity contribution in [2.75, 3.05) is 14.2 Å². The first-order chi connectivity index (χ1) is 6.35. The van der Waals surface area contributed by atoms with Crippen LogP contribution in [0.2, 0.25) is 0 Å². The van der Waals surface area contributed by atoms with Gasteiger partial charge in [-0.1, -0.05) is 0 Å². The zero-order valence-electron chi connectivity index (χ0n) is 8.01. The third-order valence-electron chi connectivity index (χ3n) is 1.35. The summed E-state index contributed by atoms with van der Waals surface area (Å²) in [5.74, 6) is -3.35. The Morgan fingerprint density at radius 2 is 1.93 bits per heavy atom. The lowest BCUT2D eigenvalue weighted by molar-refractivity contribution is -0.142. The SMILES string of the molecule is COC(=O)C(NC(C)=O)P(=O)(O)OC. The van der Waals surface area contributed by atoms with Crippen molar-refractivity contribution >= 4 is 19.5 Å². The van der Waals surface area contributed by atoms with Crippen molar-refractivity contribution in [2.24, 2.45) is 0 Å². The molecule has 8 heteroatoms. The molecule has 0 radical (unpaired) electrons. The molecule has 0 spiro atoms. The van der Waals surface area contributed by atoms with Crippen LogP contribution >= 0.6 is 7.60 Å². The fourth-order valence-electron chi connectivity index (χ4n) is 0.683. The van der Waals surface area contributed by atoms with Gasteiger partial charge in [-0.05, 0) is 0 Å². The number of carbonyl (C=O) groups excluding carboxylic acids is 2. The molecule has 0 saturated heterocycles. The molecule has 2 unspecified atom stereocenters. The second-order valence-corrected chi connectivity index (χ2v) is 4.38. The van der Waals surface area contributed by atoms with Gasteiger partial charge >= 0.3 is 13.6 Å². The number of hydrogen-bond donors (Lipinski definition) is 2. The van der Waals surface area contributed by atoms with Crippen molar-refractivity contribution < 1.29 is 28.3 Å². The Labute approximate surface area is 80.9 Å². The summed E-state index contributed by atoms with van der Waals surface area (Å²) in [5, 5.41) is 1.97. The number of nitrogens with one attached hydrogen (secondary N) is 1. The molecule has 82 valence electrons. The van der Waals surface area contributed by atoms with E-state index in [2.05, 4.69) is 9.26 Å². The lowest BCUT2D eigenvalue weighted by atomic mass is 10.6. The molecule has 0 aliphatic rings. The molecular formula is C6H12NO6P. The summed E-state index contributed by atoms with van der Waals surface area (Å²) in [6, 6.07) is 0. The lowest BCUT2D eigenvalue weighted by Crippen LogP contribution is -2.40. The molecule has 0 rings (SSSR count). The number of amides is 1. The summed E-state index contributed by atoms with van der Waals surface area (Å²) in [6.07, 6.45) is 0. The van der Waals surface area contributed by atoms with Crippen LogP contribution in [0.15, 0.2) is 0 Å². The molecule has 0 fully saturated rings. The quantitative estimate of drug-likeness (QED) is 0.491. The number of esters is 1. The average molecular weight is 225 g/mol. The number of rotatable bonds is 4. The first-order valence-electron chi connectivity index (χ1n) is 3.58. The van der Waals surface area contributed by atoms with Crippen LogP contribution in [0.1, 0.15) is 6.92 Å². The minimum atomic E-state index is -4.22. The predicted molar refractivity (Wildman–Crippen MR) is 46.5 cm³/mol. The third-order valence-corrected chi connectivity index (χ3v) is 2.87. The highest BCUT2D eigenvalue weighted by Crippen LogP contribution is 2.45. The maximum absolute atomic E-state index is 11.2. The highest BCUT2D eigenvalue weighted by Gasteiger charge is 2.39. The molecule has 0 aromatic rings. The van der Waals surface area contributed by atoms with E-state index in [1.165, 1.54) is 0 Å². The summed E-state index contributed by atoms with van der Waals surface area (Å²) in [6.45, 7) is 1.10. The standard InChI is InChI=1S/C6H12NO6P/c1-4(8)7-5(6(9)12-2)14(10,11)13-3/h5H,1-3H3,(H,7,8)(H,10,11). The Morgan fingerprint density at radius 3 is 2.21 bits per heavy atom. The van der Waals surface area contributed by atoms with Gasteiger partial charge in [-0.15, -0.1) is 0 Å². The molecule has 7 nitrogen and oxygen atoms in total. The van der Waals surface area contributed by atoms with Crippen LogP contribution in [0.3, 0.4) is 0 Å². The van der Waals surface area contributed by atoms with E-state index in [4.69, 9.17) is 4.89 Å². The van der Waals surface area contributed by atoms with Crippen molar-refractivity contribution in [3.63, 3.8) is 0 Å². The van der Waals surface area contributed by atoms with Crippen molar-refractivity contribution in [1.29, 1.82) is 0 Å². The van der Waals surface area contributed by atoms with E-state index in [1.54, 1.807) is 0 Å². The Balaban J connectivity index is 4.81. The smallest absolute Gasteiger partial charge is 0.361 e. The first-order valence-corrected chi connectivity index (χ1v) is 5.23. The molecule has 1 amide bonds. The monoisotopic (exact) mass is 225 g/mol. The summed E-state index contributed by atoms with van der Waals surface area (Å²) in [4.78, 5) is 30.8. The Hall–Kier alpha value is -0.910. The molecule has 0 aromatic carbocycles. The molecule has 0 bridgehead atoms. The molecule has 2 atom stereocenters. The number of carbonyl (C=O) groups is 2. The fraction of sp³-hybridized carbons (Fsp3) is 0.667. The molecule has 2 N–H and O–H groups in total. The van der Waals surface area contributed by atoms with E-state index in [0.717, 1.165) is 21.1 Å². The number of hydrogen-bond acceptors (Lipinski definition) is 5. The lowest BCUT2D eigenvalue weighted by Gasteiger charge is -2.19. The van der Waals surface area contributed by atoms with Crippen LogP contribution in [0.4, 0.5) is 0 Å². The largest absolute Gasteiger partial charge is 0.467 e. The van der Waals surface area contributed by atoms with Crippen molar-refractivity contribution in [2.45, 2.75) is 12.7 Å². The maximum Gasteiger partial charge on any atom is 0.361 e. The van der Waals surface area contributed by atoms with Gasteiger partial charge in [0, 0.05) is 14.0 Å². The van der Waals surface area contributed by atoms with Gasteiger partial charge in [-0.25, -0.2) is 4.79 Å². The van der Waals surface area contributed by atoms with Gasteiger partial charge in [-0.3, -0.25) is 9.36 Å². The van der Waals surface area contributed by atoms with Crippen LogP contribution in [0.25, 0.3) is 0 Å². The Morgan fingerprint density at radius 1 is 1.43 bits per heavy atom. The van der Waals surface area contributed by atoms with Gasteiger partial charge in [0.15, 0.2) is 0 Å². The Kier molecular flexibility index (Phi) is 4.76. The summed E-state index contributed by atoms with van der Waals surface area (Å²) in [5.41, 5.74) is 0. The topological polar surface area (TPSA) is 102 Å². The minimum Gasteiger partial charge on any atom is -0.467 e. The van der Waals surface area contributed by atoms with E-state index in [0.29, 0.717) is 0 Å². The summed E-state index contributed by atoms with van der Waals surface area (Å²) in [7, 11) is -2.23. The normalized spacial score (nSPS) is 16.6. The molecule has 0 heterocycles. The maximum atomic E-state index is 11.2. The van der Waals surface area contributed by atoms with Gasteiger partial charge < -0.3 is 19.5 Å². The molecule has 14 heavy (non-hydrogen) atoms. The highest BCUT2D eigenvalue weighted by atomic mass is 31.2. The zero-order valence-corrected chi connectivity index (χ0v) is 8.91. The van der Waals surface area contributed by atoms with Crippen LogP contribution < -0.4 is 5.32 Å². The van der Waals surface area contributed by atoms with E-state index in [9.17, 15) is 14.2 Å². The predicted octanol–water partition coefficient (Wildman–Crippen LogP) is -0.547. The molecule has 0 aliphatic heterocycles. The van der Waals surface area contributed by atoms with Crippen LogP contribution in [0.5, 0.6) is 0 Å². The number of methoxy groups -OCH3 is 1. The van der Waals surface area contributed by atoms with E-state index in [1.807, 2.05) is 5.32 Å². The van der Waals surface area contributed by atoms with Crippen molar-refractivity contribution in [3.05, 3.63) is 0 Å². The highest BCUT2D eigenvalue weighted by molar-refractivity contribution is 7.54. The van der Waals surface area contributed by atoms with Gasteiger partial charge in [0.2, 0.25) is 11.7 Å². The Bertz CT molecular complexity index is 277. The second kappa shape index (κ2) is 5.09. The van der Waals surface area contributed by atoms with E-state index in [-0.39, 0.29) is 0 Å². The fourth-order valence-corrected chi connectivity index (χ4v) is 1.61. The van der Waals surface area contributed by atoms with Gasteiger partial charge in [0.05, 0.1) is 7.11 Å². The first kappa shape index (κ1) is 13.1. The van der Waals surface area contributed by atoms with Gasteiger partial charge in [0.1, 0.15) is 0 Å². The summed E-state index contributed by atoms with van der Waals surface area (Å²) >= 11 is 0. The number of ether oxygens (including phenoxy) is 1. The molecule has 0 saturated carbocycles. The minimum absolute atomic E-state index is 0.633. The van der Waals surface area contributed by atoms with Crippen molar-refractivity contribution in [3.8, 4) is 0 Å².